The monoisotopic (exact) mass is 198 g/mol. The van der Waals surface area contributed by atoms with Crippen LogP contribution in [-0.2, 0) is 9.59 Å². The average Bonchev–Trinajstić information content (AvgIpc) is 2.10. The van der Waals surface area contributed by atoms with E-state index in [1.807, 2.05) is 13.8 Å². The van der Waals surface area contributed by atoms with Crippen molar-refractivity contribution in [3.63, 3.8) is 0 Å². The van der Waals surface area contributed by atoms with Gasteiger partial charge in [-0.3, -0.25) is 9.59 Å². The molecule has 0 radical (unpaired) electrons. The molecule has 1 N–H and O–H groups in total. The Morgan fingerprint density at radius 2 is 1.64 bits per heavy atom. The van der Waals surface area contributed by atoms with Crippen LogP contribution in [0.2, 0.25) is 0 Å². The van der Waals surface area contributed by atoms with Crippen molar-refractivity contribution < 1.29 is 14.7 Å². The summed E-state index contributed by atoms with van der Waals surface area (Å²) in [6.07, 6.45) is 1.17. The molecule has 0 bridgehead atoms. The van der Waals surface area contributed by atoms with E-state index in [0.717, 1.165) is 0 Å². The van der Waals surface area contributed by atoms with Crippen LogP contribution in [0.3, 0.4) is 0 Å². The first-order chi connectivity index (χ1) is 6.43. The van der Waals surface area contributed by atoms with Crippen molar-refractivity contribution in [1.29, 1.82) is 0 Å². The molecular formula is C11H18O3. The Morgan fingerprint density at radius 3 is 2.07 bits per heavy atom. The number of rotatable bonds is 7. The fraction of sp³-hybridized carbons (Fsp3) is 0.636. The lowest BCUT2D eigenvalue weighted by Crippen LogP contribution is -2.09. The van der Waals surface area contributed by atoms with Gasteiger partial charge in [-0.15, -0.1) is 0 Å². The van der Waals surface area contributed by atoms with Crippen molar-refractivity contribution in [3.8, 4) is 0 Å². The standard InChI is InChI=1S/C11H18O3/c1-8(2)11(14)7-6-10(13)5-4-9(3)12/h8,12H,3-7H2,1-2H3. The molecule has 0 aromatic carbocycles. The summed E-state index contributed by atoms with van der Waals surface area (Å²) in [5.41, 5.74) is 0. The van der Waals surface area contributed by atoms with Gasteiger partial charge in [0, 0.05) is 31.6 Å². The number of aliphatic hydroxyl groups excluding tert-OH is 1. The molecule has 0 aromatic rings. The second-order valence-electron chi connectivity index (χ2n) is 3.73. The smallest absolute Gasteiger partial charge is 0.135 e. The van der Waals surface area contributed by atoms with E-state index in [1.54, 1.807) is 0 Å². The Labute approximate surface area is 84.8 Å². The maximum absolute atomic E-state index is 11.2. The van der Waals surface area contributed by atoms with Gasteiger partial charge in [0.2, 0.25) is 0 Å². The molecule has 0 heterocycles. The van der Waals surface area contributed by atoms with Gasteiger partial charge >= 0.3 is 0 Å². The van der Waals surface area contributed by atoms with E-state index >= 15 is 0 Å². The van der Waals surface area contributed by atoms with Crippen LogP contribution in [0, 0.1) is 5.92 Å². The predicted molar refractivity (Wildman–Crippen MR) is 55.1 cm³/mol. The normalized spacial score (nSPS) is 10.2. The third-order valence-corrected chi connectivity index (χ3v) is 1.99. The summed E-state index contributed by atoms with van der Waals surface area (Å²) >= 11 is 0. The zero-order valence-electron chi connectivity index (χ0n) is 8.88. The van der Waals surface area contributed by atoms with Crippen molar-refractivity contribution in [2.24, 2.45) is 5.92 Å². The summed E-state index contributed by atoms with van der Waals surface area (Å²) in [6.45, 7) is 6.93. The average molecular weight is 198 g/mol. The first-order valence-electron chi connectivity index (χ1n) is 4.84. The maximum atomic E-state index is 11.2. The second-order valence-corrected chi connectivity index (χ2v) is 3.73. The lowest BCUT2D eigenvalue weighted by molar-refractivity contribution is -0.125. The molecule has 0 aromatic heterocycles. The van der Waals surface area contributed by atoms with E-state index in [-0.39, 0.29) is 36.1 Å². The molecule has 0 aliphatic rings. The lowest BCUT2D eigenvalue weighted by Gasteiger charge is -2.03. The van der Waals surface area contributed by atoms with Crippen LogP contribution in [0.5, 0.6) is 0 Å². The summed E-state index contributed by atoms with van der Waals surface area (Å²) in [7, 11) is 0. The van der Waals surface area contributed by atoms with Crippen molar-refractivity contribution in [3.05, 3.63) is 12.3 Å². The Balaban J connectivity index is 3.64. The largest absolute Gasteiger partial charge is 0.513 e. The zero-order chi connectivity index (χ0) is 11.1. The fourth-order valence-electron chi connectivity index (χ4n) is 0.960. The van der Waals surface area contributed by atoms with Crippen LogP contribution in [-0.4, -0.2) is 16.7 Å². The quantitative estimate of drug-likeness (QED) is 0.639. The summed E-state index contributed by atoms with van der Waals surface area (Å²) in [5.74, 6) is 0.138. The molecule has 14 heavy (non-hydrogen) atoms. The van der Waals surface area contributed by atoms with Gasteiger partial charge in [-0.2, -0.15) is 0 Å². The first-order valence-corrected chi connectivity index (χ1v) is 4.84. The molecule has 0 aliphatic heterocycles. The molecule has 80 valence electrons. The van der Waals surface area contributed by atoms with Crippen molar-refractivity contribution in [2.75, 3.05) is 0 Å². The Hall–Kier alpha value is -1.12. The number of hydrogen-bond donors (Lipinski definition) is 1. The van der Waals surface area contributed by atoms with E-state index in [4.69, 9.17) is 5.11 Å². The van der Waals surface area contributed by atoms with Crippen molar-refractivity contribution in [2.45, 2.75) is 39.5 Å². The minimum atomic E-state index is -0.00407. The van der Waals surface area contributed by atoms with Gasteiger partial charge in [0.15, 0.2) is 0 Å². The maximum Gasteiger partial charge on any atom is 0.135 e. The van der Waals surface area contributed by atoms with E-state index in [9.17, 15) is 9.59 Å². The molecular weight excluding hydrogens is 180 g/mol. The Morgan fingerprint density at radius 1 is 1.14 bits per heavy atom. The van der Waals surface area contributed by atoms with Crippen LogP contribution in [0.25, 0.3) is 0 Å². The molecule has 0 saturated carbocycles. The highest BCUT2D eigenvalue weighted by Gasteiger charge is 2.10. The molecule has 0 fully saturated rings. The number of allylic oxidation sites excluding steroid dienone is 1. The summed E-state index contributed by atoms with van der Waals surface area (Å²) in [5, 5.41) is 8.75. The number of carbonyl (C=O) groups excluding carboxylic acids is 2. The van der Waals surface area contributed by atoms with Crippen LogP contribution < -0.4 is 0 Å². The van der Waals surface area contributed by atoms with Crippen molar-refractivity contribution >= 4 is 11.6 Å². The topological polar surface area (TPSA) is 54.4 Å². The van der Waals surface area contributed by atoms with Gasteiger partial charge in [0.1, 0.15) is 11.6 Å². The number of aliphatic hydroxyl groups is 1. The van der Waals surface area contributed by atoms with E-state index in [0.29, 0.717) is 12.8 Å². The van der Waals surface area contributed by atoms with Gasteiger partial charge in [0.05, 0.1) is 5.76 Å². The lowest BCUT2D eigenvalue weighted by atomic mass is 10.0. The van der Waals surface area contributed by atoms with E-state index < -0.39 is 0 Å². The van der Waals surface area contributed by atoms with Crippen LogP contribution in [0.15, 0.2) is 12.3 Å². The molecule has 0 saturated heterocycles. The fourth-order valence-corrected chi connectivity index (χ4v) is 0.960. The molecule has 0 rings (SSSR count). The molecule has 3 nitrogen and oxygen atoms in total. The molecule has 0 aliphatic carbocycles. The molecule has 0 spiro atoms. The van der Waals surface area contributed by atoms with Crippen LogP contribution in [0.1, 0.15) is 39.5 Å². The third-order valence-electron chi connectivity index (χ3n) is 1.99. The van der Waals surface area contributed by atoms with Gasteiger partial charge < -0.3 is 5.11 Å². The number of ketones is 2. The Bertz CT molecular complexity index is 229. The molecule has 0 atom stereocenters. The SMILES string of the molecule is C=C(O)CCC(=O)CCC(=O)C(C)C. The highest BCUT2D eigenvalue weighted by atomic mass is 16.3. The molecule has 3 heteroatoms. The zero-order valence-corrected chi connectivity index (χ0v) is 8.88. The minimum absolute atomic E-state index is 0.00407. The van der Waals surface area contributed by atoms with E-state index in [1.165, 1.54) is 0 Å². The second kappa shape index (κ2) is 6.35. The van der Waals surface area contributed by atoms with Crippen LogP contribution >= 0.6 is 0 Å². The van der Waals surface area contributed by atoms with Gasteiger partial charge in [-0.25, -0.2) is 0 Å². The highest BCUT2D eigenvalue weighted by molar-refractivity contribution is 5.86. The Kier molecular flexibility index (Phi) is 5.84. The summed E-state index contributed by atoms with van der Waals surface area (Å²) in [6, 6.07) is 0. The van der Waals surface area contributed by atoms with Crippen LogP contribution in [0.4, 0.5) is 0 Å². The predicted octanol–water partition coefficient (Wildman–Crippen LogP) is 2.41. The molecule has 0 amide bonds. The van der Waals surface area contributed by atoms with Crippen molar-refractivity contribution in [1.82, 2.24) is 0 Å². The summed E-state index contributed by atoms with van der Waals surface area (Å²) in [4.78, 5) is 22.3. The minimum Gasteiger partial charge on any atom is -0.513 e. The first kappa shape index (κ1) is 12.9. The molecule has 0 unspecified atom stereocenters. The number of Topliss-reactive ketones (excluding diaryl/α,β-unsaturated/α-hetero) is 2. The number of hydrogen-bond acceptors (Lipinski definition) is 3. The third kappa shape index (κ3) is 6.40. The van der Waals surface area contributed by atoms with E-state index in [2.05, 4.69) is 6.58 Å². The van der Waals surface area contributed by atoms with Gasteiger partial charge in [-0.05, 0) is 0 Å². The van der Waals surface area contributed by atoms with Gasteiger partial charge in [-0.1, -0.05) is 20.4 Å². The highest BCUT2D eigenvalue weighted by Crippen LogP contribution is 2.06. The summed E-state index contributed by atoms with van der Waals surface area (Å²) < 4.78 is 0. The van der Waals surface area contributed by atoms with Gasteiger partial charge in [0.25, 0.3) is 0 Å². The number of carbonyl (C=O) groups is 2.